The molecule has 0 saturated heterocycles. The first-order valence-electron chi connectivity index (χ1n) is 6.53. The molecule has 0 amide bonds. The zero-order chi connectivity index (χ0) is 13.5. The van der Waals surface area contributed by atoms with E-state index in [0.717, 1.165) is 23.5 Å². The Morgan fingerprint density at radius 3 is 1.47 bits per heavy atom. The van der Waals surface area contributed by atoms with Gasteiger partial charge in [-0.25, -0.2) is 0 Å². The highest BCUT2D eigenvalue weighted by molar-refractivity contribution is 7.61. The summed E-state index contributed by atoms with van der Waals surface area (Å²) in [6.07, 6.45) is 3.39. The maximum absolute atomic E-state index is 12.0. The van der Waals surface area contributed by atoms with E-state index >= 15 is 0 Å². The minimum absolute atomic E-state index is 0.0648. The monoisotopic (exact) mass is 273 g/mol. The van der Waals surface area contributed by atoms with Gasteiger partial charge in [-0.05, 0) is 43.5 Å². The molecule has 0 bridgehead atoms. The molecule has 99 valence electrons. The van der Waals surface area contributed by atoms with Crippen LogP contribution in [0.4, 0.5) is 0 Å². The Bertz CT molecular complexity index is 465. The highest BCUT2D eigenvalue weighted by Crippen LogP contribution is 2.18. The van der Waals surface area contributed by atoms with E-state index in [4.69, 9.17) is 5.11 Å². The van der Waals surface area contributed by atoms with Crippen molar-refractivity contribution in [3.8, 4) is 0 Å². The molecule has 3 heteroatoms. The van der Waals surface area contributed by atoms with Crippen molar-refractivity contribution in [2.45, 2.75) is 25.4 Å². The van der Waals surface area contributed by atoms with Gasteiger partial charge >= 0.3 is 0 Å². The summed E-state index contributed by atoms with van der Waals surface area (Å²) in [5, 5.41) is 10.2. The lowest BCUT2D eigenvalue weighted by molar-refractivity contribution is 0.0950. The van der Waals surface area contributed by atoms with E-state index < -0.39 is 7.80 Å². The number of benzene rings is 2. The SMILES string of the molecule is O=[P](c1ccccc1)c1ccccc1.OC1CCC1. The predicted molar refractivity (Wildman–Crippen MR) is 79.6 cm³/mol. The second-order valence-corrected chi connectivity index (χ2v) is 6.17. The molecule has 1 N–H and O–H groups in total. The lowest BCUT2D eigenvalue weighted by Crippen LogP contribution is -2.15. The topological polar surface area (TPSA) is 37.3 Å². The number of aliphatic hydroxyl groups excluding tert-OH is 1. The molecule has 1 aliphatic carbocycles. The average molecular weight is 273 g/mol. The molecule has 2 nitrogen and oxygen atoms in total. The van der Waals surface area contributed by atoms with E-state index in [-0.39, 0.29) is 6.10 Å². The highest BCUT2D eigenvalue weighted by atomic mass is 31.1. The Morgan fingerprint density at radius 2 is 1.21 bits per heavy atom. The van der Waals surface area contributed by atoms with Gasteiger partial charge in [0.25, 0.3) is 0 Å². The van der Waals surface area contributed by atoms with E-state index in [1.54, 1.807) is 0 Å². The van der Waals surface area contributed by atoms with Crippen LogP contribution < -0.4 is 10.6 Å². The van der Waals surface area contributed by atoms with Crippen LogP contribution in [-0.4, -0.2) is 11.2 Å². The number of rotatable bonds is 2. The van der Waals surface area contributed by atoms with Crippen LogP contribution in [-0.2, 0) is 4.57 Å². The van der Waals surface area contributed by atoms with Crippen molar-refractivity contribution >= 4 is 18.4 Å². The number of aliphatic hydroxyl groups is 1. The summed E-state index contributed by atoms with van der Waals surface area (Å²) in [5.74, 6) is 0. The smallest absolute Gasteiger partial charge is 0.136 e. The molecule has 2 aromatic rings. The number of hydrogen-bond donors (Lipinski definition) is 1. The van der Waals surface area contributed by atoms with Gasteiger partial charge in [-0.2, -0.15) is 0 Å². The van der Waals surface area contributed by atoms with Gasteiger partial charge < -0.3 is 5.11 Å². The minimum atomic E-state index is -1.42. The largest absolute Gasteiger partial charge is 0.393 e. The summed E-state index contributed by atoms with van der Waals surface area (Å²) in [7, 11) is -1.42. The molecule has 0 heterocycles. The minimum Gasteiger partial charge on any atom is -0.393 e. The third-order valence-corrected chi connectivity index (χ3v) is 4.59. The van der Waals surface area contributed by atoms with Gasteiger partial charge in [0.2, 0.25) is 0 Å². The van der Waals surface area contributed by atoms with E-state index in [1.165, 1.54) is 6.42 Å². The lowest BCUT2D eigenvalue weighted by Gasteiger charge is -2.17. The van der Waals surface area contributed by atoms with Crippen molar-refractivity contribution in [3.05, 3.63) is 60.7 Å². The first-order chi connectivity index (χ1) is 9.27. The van der Waals surface area contributed by atoms with Crippen LogP contribution >= 0.6 is 7.80 Å². The van der Waals surface area contributed by atoms with Crippen molar-refractivity contribution in [3.63, 3.8) is 0 Å². The van der Waals surface area contributed by atoms with Gasteiger partial charge in [0.05, 0.1) is 6.10 Å². The molecule has 0 atom stereocenters. The molecule has 19 heavy (non-hydrogen) atoms. The van der Waals surface area contributed by atoms with E-state index in [0.29, 0.717) is 0 Å². The maximum atomic E-state index is 12.0. The quantitative estimate of drug-likeness (QED) is 0.854. The molecule has 0 aromatic heterocycles. The average Bonchev–Trinajstić information content (AvgIpc) is 2.47. The third-order valence-electron chi connectivity index (χ3n) is 3.06. The van der Waals surface area contributed by atoms with Crippen molar-refractivity contribution in [2.24, 2.45) is 0 Å². The summed E-state index contributed by atoms with van der Waals surface area (Å²) in [5.41, 5.74) is 0. The van der Waals surface area contributed by atoms with Gasteiger partial charge in [0.15, 0.2) is 0 Å². The first-order valence-corrected chi connectivity index (χ1v) is 7.79. The Kier molecular flexibility index (Phi) is 5.26. The molecular weight excluding hydrogens is 255 g/mol. The Morgan fingerprint density at radius 1 is 0.842 bits per heavy atom. The lowest BCUT2D eigenvalue weighted by atomic mass is 9.97. The molecule has 1 aliphatic rings. The molecule has 1 radical (unpaired) electrons. The molecule has 1 fully saturated rings. The van der Waals surface area contributed by atoms with E-state index in [1.807, 2.05) is 60.7 Å². The Balaban J connectivity index is 0.000000224. The summed E-state index contributed by atoms with van der Waals surface area (Å²) >= 11 is 0. The summed E-state index contributed by atoms with van der Waals surface area (Å²) in [4.78, 5) is 0. The zero-order valence-corrected chi connectivity index (χ0v) is 11.7. The fraction of sp³-hybridized carbons (Fsp3) is 0.250. The zero-order valence-electron chi connectivity index (χ0n) is 10.8. The van der Waals surface area contributed by atoms with Crippen molar-refractivity contribution in [1.82, 2.24) is 0 Å². The second kappa shape index (κ2) is 7.18. The molecule has 0 spiro atoms. The van der Waals surface area contributed by atoms with Crippen LogP contribution in [0.25, 0.3) is 0 Å². The van der Waals surface area contributed by atoms with Crippen LogP contribution in [0, 0.1) is 0 Å². The van der Waals surface area contributed by atoms with Crippen LogP contribution in [0.2, 0.25) is 0 Å². The van der Waals surface area contributed by atoms with Gasteiger partial charge in [-0.15, -0.1) is 0 Å². The fourth-order valence-electron chi connectivity index (χ4n) is 1.66. The Labute approximate surface area is 114 Å². The summed E-state index contributed by atoms with van der Waals surface area (Å²) in [6.45, 7) is 0. The van der Waals surface area contributed by atoms with Gasteiger partial charge in [0, 0.05) is 10.6 Å². The van der Waals surface area contributed by atoms with Crippen LogP contribution in [0.15, 0.2) is 60.7 Å². The van der Waals surface area contributed by atoms with Crippen LogP contribution in [0.3, 0.4) is 0 Å². The highest BCUT2D eigenvalue weighted by Gasteiger charge is 2.11. The molecule has 3 rings (SSSR count). The maximum Gasteiger partial charge on any atom is 0.136 e. The standard InChI is InChI=1S/C12H10OP.C4H8O/c13-14(11-7-3-1-4-8-11)12-9-5-2-6-10-12;5-4-2-1-3-4/h1-10H;4-5H,1-3H2. The summed E-state index contributed by atoms with van der Waals surface area (Å²) in [6, 6.07) is 19.1. The van der Waals surface area contributed by atoms with Crippen molar-refractivity contribution in [1.29, 1.82) is 0 Å². The molecule has 1 saturated carbocycles. The van der Waals surface area contributed by atoms with Gasteiger partial charge in [-0.3, -0.25) is 4.57 Å². The molecule has 0 aliphatic heterocycles. The fourth-order valence-corrected chi connectivity index (χ4v) is 2.85. The second-order valence-electron chi connectivity index (χ2n) is 4.55. The molecule has 0 unspecified atom stereocenters. The van der Waals surface area contributed by atoms with E-state index in [2.05, 4.69) is 0 Å². The van der Waals surface area contributed by atoms with Gasteiger partial charge in [0.1, 0.15) is 7.80 Å². The van der Waals surface area contributed by atoms with Crippen molar-refractivity contribution in [2.75, 3.05) is 0 Å². The van der Waals surface area contributed by atoms with Gasteiger partial charge in [-0.1, -0.05) is 36.4 Å². The first kappa shape index (κ1) is 13.9. The third kappa shape index (κ3) is 4.27. The molecule has 2 aromatic carbocycles. The number of hydrogen-bond acceptors (Lipinski definition) is 2. The van der Waals surface area contributed by atoms with Crippen LogP contribution in [0.1, 0.15) is 19.3 Å². The summed E-state index contributed by atoms with van der Waals surface area (Å²) < 4.78 is 12.0. The normalized spacial score (nSPS) is 13.9. The van der Waals surface area contributed by atoms with Crippen LogP contribution in [0.5, 0.6) is 0 Å². The predicted octanol–water partition coefficient (Wildman–Crippen LogP) is 3.00. The Hall–Kier alpha value is -1.50. The van der Waals surface area contributed by atoms with E-state index in [9.17, 15) is 4.57 Å². The van der Waals surface area contributed by atoms with Crippen molar-refractivity contribution < 1.29 is 9.67 Å². The molecular formula is C16H18O2P.